The van der Waals surface area contributed by atoms with E-state index < -0.39 is 26.6 Å². The average Bonchev–Trinajstić information content (AvgIpc) is 2.71. The largest absolute Gasteiger partial charge is 0.469 e. The number of unbranched alkanes of at least 4 members (excludes halogenated alkanes) is 1. The van der Waals surface area contributed by atoms with Gasteiger partial charge in [0.05, 0.1) is 18.8 Å². The Morgan fingerprint density at radius 2 is 1.77 bits per heavy atom. The predicted molar refractivity (Wildman–Crippen MR) is 117 cm³/mol. The zero-order valence-electron chi connectivity index (χ0n) is 17.0. The first-order valence-electron chi connectivity index (χ1n) is 9.79. The first-order chi connectivity index (χ1) is 14.1. The van der Waals surface area contributed by atoms with Crippen molar-refractivity contribution in [1.82, 2.24) is 0 Å². The summed E-state index contributed by atoms with van der Waals surface area (Å²) in [6.45, 7) is 1.21. The minimum atomic E-state index is -4.66. The third kappa shape index (κ3) is 8.36. The lowest BCUT2D eigenvalue weighted by atomic mass is 9.94. The second-order valence-electron chi connectivity index (χ2n) is 7.39. The topological polar surface area (TPSA) is 122 Å². The van der Waals surface area contributed by atoms with Crippen LogP contribution in [0.1, 0.15) is 37.3 Å². The van der Waals surface area contributed by atoms with E-state index in [2.05, 4.69) is 23.6 Å². The van der Waals surface area contributed by atoms with Crippen molar-refractivity contribution in [3.05, 3.63) is 58.6 Å². The fourth-order valence-corrected chi connectivity index (χ4v) is 3.52. The highest BCUT2D eigenvalue weighted by atomic mass is 35.5. The standard InChI is InChI=1S/C21H29ClNO6P/c1-2-3-4-16-5-8-18(9-6-16)29-19-10-7-17(20(22)13-19)11-12-21(23,14-24)15-28-30(25,26)27/h5-10,13,24H,2-4,11-12,14-15,23H2,1H3,(H2,25,26,27). The number of rotatable bonds is 12. The van der Waals surface area contributed by atoms with Crippen LogP contribution in [0.3, 0.4) is 0 Å². The van der Waals surface area contributed by atoms with Gasteiger partial charge in [0.25, 0.3) is 0 Å². The van der Waals surface area contributed by atoms with Crippen LogP contribution in [0.5, 0.6) is 11.5 Å². The van der Waals surface area contributed by atoms with Gasteiger partial charge >= 0.3 is 7.82 Å². The molecule has 0 saturated carbocycles. The zero-order chi connectivity index (χ0) is 22.2. The molecule has 1 atom stereocenters. The van der Waals surface area contributed by atoms with Crippen LogP contribution in [0.4, 0.5) is 0 Å². The maximum absolute atomic E-state index is 10.9. The maximum Gasteiger partial charge on any atom is 0.469 e. The van der Waals surface area contributed by atoms with E-state index in [4.69, 9.17) is 31.9 Å². The number of phosphoric ester groups is 1. The van der Waals surface area contributed by atoms with Crippen LogP contribution in [0.15, 0.2) is 42.5 Å². The summed E-state index contributed by atoms with van der Waals surface area (Å²) in [6, 6.07) is 13.2. The minimum Gasteiger partial charge on any atom is -0.457 e. The number of hydrogen-bond acceptors (Lipinski definition) is 5. The van der Waals surface area contributed by atoms with Gasteiger partial charge in [-0.25, -0.2) is 4.57 Å². The van der Waals surface area contributed by atoms with E-state index in [1.807, 2.05) is 12.1 Å². The number of halogens is 1. The number of aliphatic hydroxyl groups excluding tert-OH is 1. The van der Waals surface area contributed by atoms with Crippen LogP contribution in [0.25, 0.3) is 0 Å². The lowest BCUT2D eigenvalue weighted by molar-refractivity contribution is 0.102. The Morgan fingerprint density at radius 1 is 1.10 bits per heavy atom. The van der Waals surface area contributed by atoms with Crippen LogP contribution in [-0.2, 0) is 21.9 Å². The summed E-state index contributed by atoms with van der Waals surface area (Å²) in [5.74, 6) is 1.31. The molecular weight excluding hydrogens is 429 g/mol. The van der Waals surface area contributed by atoms with Crippen molar-refractivity contribution in [2.75, 3.05) is 13.2 Å². The summed E-state index contributed by atoms with van der Waals surface area (Å²) in [5.41, 5.74) is 6.75. The molecule has 0 aliphatic heterocycles. The fourth-order valence-electron chi connectivity index (χ4n) is 2.83. The van der Waals surface area contributed by atoms with Crippen molar-refractivity contribution < 1.29 is 28.7 Å². The Bertz CT molecular complexity index is 857. The summed E-state index contributed by atoms with van der Waals surface area (Å²) in [4.78, 5) is 17.7. The number of phosphoric acid groups is 1. The zero-order valence-corrected chi connectivity index (χ0v) is 18.6. The van der Waals surface area contributed by atoms with Crippen molar-refractivity contribution >= 4 is 19.4 Å². The van der Waals surface area contributed by atoms with Crippen molar-refractivity contribution in [1.29, 1.82) is 0 Å². The molecular formula is C21H29ClNO6P. The van der Waals surface area contributed by atoms with Crippen LogP contribution in [0, 0.1) is 0 Å². The number of ether oxygens (including phenoxy) is 1. The van der Waals surface area contributed by atoms with Crippen molar-refractivity contribution in [2.24, 2.45) is 5.73 Å². The molecule has 0 fully saturated rings. The number of aryl methyl sites for hydroxylation is 2. The van der Waals surface area contributed by atoms with E-state index >= 15 is 0 Å². The molecule has 2 aromatic rings. The van der Waals surface area contributed by atoms with E-state index in [1.54, 1.807) is 18.2 Å². The summed E-state index contributed by atoms with van der Waals surface area (Å²) in [5, 5.41) is 9.97. The molecule has 1 unspecified atom stereocenters. The van der Waals surface area contributed by atoms with E-state index in [0.717, 1.165) is 30.6 Å². The molecule has 2 aromatic carbocycles. The second-order valence-corrected chi connectivity index (χ2v) is 9.03. The van der Waals surface area contributed by atoms with E-state index in [-0.39, 0.29) is 6.42 Å². The smallest absolute Gasteiger partial charge is 0.457 e. The monoisotopic (exact) mass is 457 g/mol. The van der Waals surface area contributed by atoms with Gasteiger partial charge in [-0.2, -0.15) is 0 Å². The molecule has 0 aliphatic carbocycles. The molecule has 0 aliphatic rings. The number of nitrogens with two attached hydrogens (primary N) is 1. The molecule has 0 amide bonds. The molecule has 5 N–H and O–H groups in total. The fraction of sp³-hybridized carbons (Fsp3) is 0.429. The third-order valence-corrected chi connectivity index (χ3v) is 5.55. The number of benzene rings is 2. The van der Waals surface area contributed by atoms with Gasteiger partial charge in [0, 0.05) is 5.02 Å². The van der Waals surface area contributed by atoms with Crippen LogP contribution in [-0.4, -0.2) is 33.6 Å². The lowest BCUT2D eigenvalue weighted by Crippen LogP contribution is -2.48. The Morgan fingerprint density at radius 3 is 2.33 bits per heavy atom. The first kappa shape index (κ1) is 24.8. The van der Waals surface area contributed by atoms with Gasteiger partial charge in [0.2, 0.25) is 0 Å². The minimum absolute atomic E-state index is 0.225. The molecule has 0 radical (unpaired) electrons. The third-order valence-electron chi connectivity index (χ3n) is 4.73. The predicted octanol–water partition coefficient (Wildman–Crippen LogP) is 4.21. The average molecular weight is 458 g/mol. The van der Waals surface area contributed by atoms with E-state index in [0.29, 0.717) is 17.2 Å². The van der Waals surface area contributed by atoms with Gasteiger partial charge in [0.1, 0.15) is 11.5 Å². The first-order valence-corrected chi connectivity index (χ1v) is 11.7. The molecule has 0 heterocycles. The maximum atomic E-state index is 10.9. The normalized spacial score (nSPS) is 13.8. The van der Waals surface area contributed by atoms with Crippen molar-refractivity contribution in [2.45, 2.75) is 44.6 Å². The SMILES string of the molecule is CCCCc1ccc(Oc2ccc(CCC(N)(CO)COP(=O)(O)O)c(Cl)c2)cc1. The molecule has 9 heteroatoms. The van der Waals surface area contributed by atoms with Gasteiger partial charge in [-0.15, -0.1) is 0 Å². The van der Waals surface area contributed by atoms with Crippen molar-refractivity contribution in [3.63, 3.8) is 0 Å². The molecule has 7 nitrogen and oxygen atoms in total. The molecule has 0 bridgehead atoms. The Kier molecular flexibility index (Phi) is 9.31. The summed E-state index contributed by atoms with van der Waals surface area (Å²) >= 11 is 6.36. The van der Waals surface area contributed by atoms with E-state index in [1.165, 1.54) is 5.56 Å². The summed E-state index contributed by atoms with van der Waals surface area (Å²) in [6.07, 6.45) is 3.98. The number of aliphatic hydroxyl groups is 1. The van der Waals surface area contributed by atoms with Gasteiger partial charge in [-0.3, -0.25) is 4.52 Å². The highest BCUT2D eigenvalue weighted by Gasteiger charge is 2.28. The molecule has 0 aromatic heterocycles. The highest BCUT2D eigenvalue weighted by molar-refractivity contribution is 7.46. The van der Waals surface area contributed by atoms with Crippen LogP contribution < -0.4 is 10.5 Å². The van der Waals surface area contributed by atoms with Crippen LogP contribution >= 0.6 is 19.4 Å². The van der Waals surface area contributed by atoms with Gasteiger partial charge < -0.3 is 25.4 Å². The van der Waals surface area contributed by atoms with E-state index in [9.17, 15) is 9.67 Å². The Labute approximate surface area is 182 Å². The van der Waals surface area contributed by atoms with Gasteiger partial charge in [-0.05, 0) is 61.1 Å². The van der Waals surface area contributed by atoms with Crippen LogP contribution in [0.2, 0.25) is 5.02 Å². The second kappa shape index (κ2) is 11.3. The molecule has 30 heavy (non-hydrogen) atoms. The quantitative estimate of drug-likeness (QED) is 0.352. The molecule has 166 valence electrons. The van der Waals surface area contributed by atoms with Gasteiger partial charge in [0.15, 0.2) is 0 Å². The molecule has 2 rings (SSSR count). The van der Waals surface area contributed by atoms with Gasteiger partial charge in [-0.1, -0.05) is 43.1 Å². The lowest BCUT2D eigenvalue weighted by Gasteiger charge is -2.27. The summed E-state index contributed by atoms with van der Waals surface area (Å²) < 4.78 is 21.2. The number of hydrogen-bond donors (Lipinski definition) is 4. The Hall–Kier alpha value is -1.44. The Balaban J connectivity index is 1.96. The highest BCUT2D eigenvalue weighted by Crippen LogP contribution is 2.37. The molecule has 0 spiro atoms. The van der Waals surface area contributed by atoms with Crippen molar-refractivity contribution in [3.8, 4) is 11.5 Å². The molecule has 0 saturated heterocycles. The summed E-state index contributed by atoms with van der Waals surface area (Å²) in [7, 11) is -4.66.